The zero-order valence-electron chi connectivity index (χ0n) is 14.0. The molecule has 1 saturated heterocycles. The van der Waals surface area contributed by atoms with E-state index in [0.717, 1.165) is 24.1 Å². The van der Waals surface area contributed by atoms with E-state index in [9.17, 15) is 9.59 Å². The third-order valence-corrected chi connectivity index (χ3v) is 5.78. The first-order valence-corrected chi connectivity index (χ1v) is 9.35. The van der Waals surface area contributed by atoms with Gasteiger partial charge in [-0.1, -0.05) is 36.0 Å². The van der Waals surface area contributed by atoms with Crippen LogP contribution in [0.25, 0.3) is 0 Å². The normalized spacial score (nSPS) is 18.3. The molecule has 7 heteroatoms. The first-order valence-electron chi connectivity index (χ1n) is 8.58. The number of hydrogen-bond donors (Lipinski definition) is 0. The second-order valence-corrected chi connectivity index (χ2v) is 7.27. The van der Waals surface area contributed by atoms with Crippen LogP contribution in [0.3, 0.4) is 0 Å². The molecule has 25 heavy (non-hydrogen) atoms. The maximum absolute atomic E-state index is 12.8. The number of amides is 1. The Hall–Kier alpha value is -2.28. The third kappa shape index (κ3) is 2.63. The molecule has 0 saturated carbocycles. The SMILES string of the molecule is CCCc1nnsc1C(=O)N1CCC2(CC1)OC(=O)c1ccccc12. The Labute approximate surface area is 150 Å². The van der Waals surface area contributed by atoms with E-state index in [1.54, 1.807) is 0 Å². The molecule has 130 valence electrons. The Bertz CT molecular complexity index is 824. The molecule has 2 aliphatic rings. The minimum atomic E-state index is -0.581. The van der Waals surface area contributed by atoms with Crippen molar-refractivity contribution in [1.29, 1.82) is 0 Å². The van der Waals surface area contributed by atoms with Gasteiger partial charge in [0.05, 0.1) is 11.3 Å². The molecule has 4 rings (SSSR count). The molecule has 6 nitrogen and oxygen atoms in total. The van der Waals surface area contributed by atoms with E-state index < -0.39 is 5.60 Å². The lowest BCUT2D eigenvalue weighted by molar-refractivity contribution is -0.0389. The minimum Gasteiger partial charge on any atom is -0.450 e. The van der Waals surface area contributed by atoms with Crippen molar-refractivity contribution in [2.45, 2.75) is 38.2 Å². The molecule has 2 aromatic rings. The molecular weight excluding hydrogens is 338 g/mol. The number of carbonyl (C=O) groups excluding carboxylic acids is 2. The van der Waals surface area contributed by atoms with Gasteiger partial charge in [0.2, 0.25) is 0 Å². The lowest BCUT2D eigenvalue weighted by atomic mass is 9.83. The van der Waals surface area contributed by atoms with Crippen LogP contribution in [-0.4, -0.2) is 39.5 Å². The van der Waals surface area contributed by atoms with Gasteiger partial charge >= 0.3 is 5.97 Å². The Morgan fingerprint density at radius 2 is 2.08 bits per heavy atom. The van der Waals surface area contributed by atoms with E-state index in [-0.39, 0.29) is 11.9 Å². The molecule has 1 aromatic heterocycles. The van der Waals surface area contributed by atoms with Gasteiger partial charge in [0, 0.05) is 31.5 Å². The Morgan fingerprint density at radius 3 is 2.84 bits per heavy atom. The molecule has 0 bridgehead atoms. The third-order valence-electron chi connectivity index (χ3n) is 5.02. The quantitative estimate of drug-likeness (QED) is 0.790. The van der Waals surface area contributed by atoms with Crippen LogP contribution >= 0.6 is 11.5 Å². The summed E-state index contributed by atoms with van der Waals surface area (Å²) in [7, 11) is 0. The molecule has 1 spiro atoms. The van der Waals surface area contributed by atoms with Crippen LogP contribution in [-0.2, 0) is 16.8 Å². The molecule has 0 N–H and O–H groups in total. The predicted octanol–water partition coefficient (Wildman–Crippen LogP) is 2.79. The summed E-state index contributed by atoms with van der Waals surface area (Å²) in [5.74, 6) is -0.266. The number of aryl methyl sites for hydroxylation is 1. The summed E-state index contributed by atoms with van der Waals surface area (Å²) >= 11 is 1.17. The summed E-state index contributed by atoms with van der Waals surface area (Å²) in [5, 5.41) is 4.08. The maximum Gasteiger partial charge on any atom is 0.339 e. The average Bonchev–Trinajstić information content (AvgIpc) is 3.20. The van der Waals surface area contributed by atoms with Crippen molar-refractivity contribution in [3.63, 3.8) is 0 Å². The van der Waals surface area contributed by atoms with Gasteiger partial charge in [-0.25, -0.2) is 4.79 Å². The number of carbonyl (C=O) groups is 2. The van der Waals surface area contributed by atoms with Crippen molar-refractivity contribution in [1.82, 2.24) is 14.5 Å². The van der Waals surface area contributed by atoms with E-state index in [1.165, 1.54) is 11.5 Å². The fourth-order valence-electron chi connectivity index (χ4n) is 3.70. The highest BCUT2D eigenvalue weighted by atomic mass is 32.1. The summed E-state index contributed by atoms with van der Waals surface area (Å²) in [6, 6.07) is 7.55. The summed E-state index contributed by atoms with van der Waals surface area (Å²) in [6.45, 7) is 3.18. The number of likely N-dealkylation sites (tertiary alicyclic amines) is 1. The summed E-state index contributed by atoms with van der Waals surface area (Å²) < 4.78 is 9.68. The standard InChI is InChI=1S/C18H19N3O3S/c1-2-5-14-15(25-20-19-14)16(22)21-10-8-18(9-11-21)13-7-4-3-6-12(13)17(23)24-18/h3-4,6-7H,2,5,8-11H2,1H3. The highest BCUT2D eigenvalue weighted by Crippen LogP contribution is 2.44. The number of fused-ring (bicyclic) bond motifs is 2. The molecule has 3 heterocycles. The number of rotatable bonds is 3. The Morgan fingerprint density at radius 1 is 1.32 bits per heavy atom. The number of benzene rings is 1. The lowest BCUT2D eigenvalue weighted by Gasteiger charge is -2.38. The van der Waals surface area contributed by atoms with Crippen molar-refractivity contribution in [2.75, 3.05) is 13.1 Å². The van der Waals surface area contributed by atoms with Gasteiger partial charge in [-0.2, -0.15) is 0 Å². The van der Waals surface area contributed by atoms with E-state index >= 15 is 0 Å². The Balaban J connectivity index is 1.52. The second-order valence-electron chi connectivity index (χ2n) is 6.52. The largest absolute Gasteiger partial charge is 0.450 e. The second kappa shape index (κ2) is 6.22. The zero-order valence-corrected chi connectivity index (χ0v) is 14.8. The molecule has 0 unspecified atom stereocenters. The molecule has 2 aliphatic heterocycles. The van der Waals surface area contributed by atoms with Gasteiger partial charge in [0.1, 0.15) is 10.5 Å². The summed E-state index contributed by atoms with van der Waals surface area (Å²) in [6.07, 6.45) is 2.94. The average molecular weight is 357 g/mol. The van der Waals surface area contributed by atoms with Crippen molar-refractivity contribution in [3.8, 4) is 0 Å². The van der Waals surface area contributed by atoms with Crippen LogP contribution < -0.4 is 0 Å². The van der Waals surface area contributed by atoms with E-state index in [4.69, 9.17) is 4.74 Å². The fraction of sp³-hybridized carbons (Fsp3) is 0.444. The van der Waals surface area contributed by atoms with Crippen molar-refractivity contribution in [2.24, 2.45) is 0 Å². The number of piperidine rings is 1. The Kier molecular flexibility index (Phi) is 4.03. The van der Waals surface area contributed by atoms with E-state index in [2.05, 4.69) is 16.5 Å². The van der Waals surface area contributed by atoms with E-state index in [1.807, 2.05) is 29.2 Å². The van der Waals surface area contributed by atoms with Crippen molar-refractivity contribution < 1.29 is 14.3 Å². The summed E-state index contributed by atoms with van der Waals surface area (Å²) in [5.41, 5.74) is 1.82. The summed E-state index contributed by atoms with van der Waals surface area (Å²) in [4.78, 5) is 27.4. The zero-order chi connectivity index (χ0) is 17.4. The number of nitrogens with zero attached hydrogens (tertiary/aromatic N) is 3. The minimum absolute atomic E-state index is 0.00842. The van der Waals surface area contributed by atoms with Gasteiger partial charge in [-0.05, 0) is 24.0 Å². The van der Waals surface area contributed by atoms with Crippen molar-refractivity contribution in [3.05, 3.63) is 46.0 Å². The first kappa shape index (κ1) is 16.2. The number of hydrogen-bond acceptors (Lipinski definition) is 6. The molecule has 1 fully saturated rings. The smallest absolute Gasteiger partial charge is 0.339 e. The van der Waals surface area contributed by atoms with Crippen molar-refractivity contribution >= 4 is 23.4 Å². The maximum atomic E-state index is 12.8. The van der Waals surface area contributed by atoms with Gasteiger partial charge in [0.15, 0.2) is 0 Å². The van der Waals surface area contributed by atoms with E-state index in [0.29, 0.717) is 36.4 Å². The molecule has 0 aliphatic carbocycles. The van der Waals surface area contributed by atoms with Crippen LogP contribution in [0.1, 0.15) is 57.5 Å². The molecule has 0 atom stereocenters. The van der Waals surface area contributed by atoms with Crippen LogP contribution in [0.15, 0.2) is 24.3 Å². The number of esters is 1. The van der Waals surface area contributed by atoms with Crippen LogP contribution in [0.4, 0.5) is 0 Å². The topological polar surface area (TPSA) is 72.4 Å². The van der Waals surface area contributed by atoms with Crippen LogP contribution in [0.5, 0.6) is 0 Å². The van der Waals surface area contributed by atoms with Crippen LogP contribution in [0, 0.1) is 0 Å². The number of aromatic nitrogens is 2. The lowest BCUT2D eigenvalue weighted by Crippen LogP contribution is -2.45. The molecule has 0 radical (unpaired) electrons. The van der Waals surface area contributed by atoms with Crippen LogP contribution in [0.2, 0.25) is 0 Å². The highest BCUT2D eigenvalue weighted by Gasteiger charge is 2.47. The monoisotopic (exact) mass is 357 g/mol. The highest BCUT2D eigenvalue weighted by molar-refractivity contribution is 7.08. The van der Waals surface area contributed by atoms with Gasteiger partial charge in [0.25, 0.3) is 5.91 Å². The van der Waals surface area contributed by atoms with Gasteiger partial charge < -0.3 is 9.64 Å². The molecular formula is C18H19N3O3S. The fourth-order valence-corrected chi connectivity index (χ4v) is 4.38. The van der Waals surface area contributed by atoms with Gasteiger partial charge in [-0.3, -0.25) is 4.79 Å². The molecule has 1 aromatic carbocycles. The molecule has 1 amide bonds. The first-order chi connectivity index (χ1) is 12.1. The predicted molar refractivity (Wildman–Crippen MR) is 92.6 cm³/mol. The van der Waals surface area contributed by atoms with Gasteiger partial charge in [-0.15, -0.1) is 5.10 Å². The number of ether oxygens (including phenoxy) is 1.